The van der Waals surface area contributed by atoms with Crippen LogP contribution in [-0.2, 0) is 13.0 Å². The Morgan fingerprint density at radius 1 is 0.821 bits per heavy atom. The van der Waals surface area contributed by atoms with Crippen molar-refractivity contribution in [2.75, 3.05) is 20.8 Å². The van der Waals surface area contributed by atoms with E-state index >= 15 is 0 Å². The molecule has 0 aliphatic carbocycles. The minimum atomic E-state index is 0.0601. The van der Waals surface area contributed by atoms with Crippen molar-refractivity contribution < 1.29 is 14.2 Å². The molecule has 4 rings (SSSR count). The molecule has 0 saturated carbocycles. The molecule has 0 spiro atoms. The molecule has 1 heterocycles. The first-order valence-corrected chi connectivity index (χ1v) is 9.54. The molecule has 4 heteroatoms. The molecule has 1 atom stereocenters. The molecule has 1 aliphatic rings. The Kier molecular flexibility index (Phi) is 5.49. The standard InChI is InChI=1S/C24H25NO3/c1-26-21-11-7-6-10-19(21)24-20-15-23(28-16-17-8-4-3-5-9-17)22(27-2)14-18(20)12-13-25-24/h3-11,14-15,24-25H,12-13,16H2,1-2H3. The number of ether oxygens (including phenoxy) is 3. The van der Waals surface area contributed by atoms with Crippen LogP contribution in [0.4, 0.5) is 0 Å². The minimum Gasteiger partial charge on any atom is -0.496 e. The fraction of sp³-hybridized carbons (Fsp3) is 0.250. The first-order chi connectivity index (χ1) is 13.8. The molecule has 28 heavy (non-hydrogen) atoms. The SMILES string of the molecule is COc1cc2c(cc1OCc1ccccc1)C(c1ccccc1OC)NCC2. The van der Waals surface area contributed by atoms with Crippen LogP contribution in [0.1, 0.15) is 28.3 Å². The van der Waals surface area contributed by atoms with Crippen LogP contribution < -0.4 is 19.5 Å². The summed E-state index contributed by atoms with van der Waals surface area (Å²) < 4.78 is 17.4. The van der Waals surface area contributed by atoms with E-state index in [2.05, 4.69) is 35.6 Å². The molecular formula is C24H25NO3. The average Bonchev–Trinajstić information content (AvgIpc) is 2.77. The zero-order valence-corrected chi connectivity index (χ0v) is 16.3. The van der Waals surface area contributed by atoms with Crippen molar-refractivity contribution in [2.24, 2.45) is 0 Å². The summed E-state index contributed by atoms with van der Waals surface area (Å²) in [5.74, 6) is 2.42. The lowest BCUT2D eigenvalue weighted by Gasteiger charge is -2.29. The van der Waals surface area contributed by atoms with Crippen LogP contribution in [0, 0.1) is 0 Å². The highest BCUT2D eigenvalue weighted by Gasteiger charge is 2.26. The predicted octanol–water partition coefficient (Wildman–Crippen LogP) is 4.52. The second kappa shape index (κ2) is 8.36. The van der Waals surface area contributed by atoms with E-state index in [0.29, 0.717) is 6.61 Å². The number of para-hydroxylation sites is 1. The second-order valence-electron chi connectivity index (χ2n) is 6.86. The van der Waals surface area contributed by atoms with Gasteiger partial charge in [-0.05, 0) is 41.3 Å². The first kappa shape index (κ1) is 18.4. The topological polar surface area (TPSA) is 39.7 Å². The number of benzene rings is 3. The van der Waals surface area contributed by atoms with Gasteiger partial charge in [0.15, 0.2) is 11.5 Å². The average molecular weight is 375 g/mol. The molecule has 1 aliphatic heterocycles. The zero-order valence-electron chi connectivity index (χ0n) is 16.3. The summed E-state index contributed by atoms with van der Waals surface area (Å²) in [7, 11) is 3.40. The first-order valence-electron chi connectivity index (χ1n) is 9.54. The Bertz CT molecular complexity index is 940. The smallest absolute Gasteiger partial charge is 0.162 e. The lowest BCUT2D eigenvalue weighted by molar-refractivity contribution is 0.283. The van der Waals surface area contributed by atoms with Crippen molar-refractivity contribution in [3.63, 3.8) is 0 Å². The van der Waals surface area contributed by atoms with Gasteiger partial charge in [0.25, 0.3) is 0 Å². The van der Waals surface area contributed by atoms with Gasteiger partial charge in [0.2, 0.25) is 0 Å². The van der Waals surface area contributed by atoms with Crippen molar-refractivity contribution in [3.05, 3.63) is 89.0 Å². The van der Waals surface area contributed by atoms with Crippen molar-refractivity contribution in [3.8, 4) is 17.2 Å². The molecule has 1 N–H and O–H groups in total. The third-order valence-electron chi connectivity index (χ3n) is 5.17. The second-order valence-corrected chi connectivity index (χ2v) is 6.86. The van der Waals surface area contributed by atoms with Gasteiger partial charge in [-0.3, -0.25) is 0 Å². The summed E-state index contributed by atoms with van der Waals surface area (Å²) in [6, 6.07) is 22.6. The highest BCUT2D eigenvalue weighted by molar-refractivity contribution is 5.53. The largest absolute Gasteiger partial charge is 0.496 e. The lowest BCUT2D eigenvalue weighted by Crippen LogP contribution is -2.31. The predicted molar refractivity (Wildman–Crippen MR) is 110 cm³/mol. The van der Waals surface area contributed by atoms with Gasteiger partial charge < -0.3 is 19.5 Å². The van der Waals surface area contributed by atoms with Gasteiger partial charge >= 0.3 is 0 Å². The van der Waals surface area contributed by atoms with Crippen LogP contribution in [0.15, 0.2) is 66.7 Å². The molecule has 0 fully saturated rings. The monoisotopic (exact) mass is 375 g/mol. The summed E-state index contributed by atoms with van der Waals surface area (Å²) >= 11 is 0. The molecule has 0 saturated heterocycles. The number of fused-ring (bicyclic) bond motifs is 1. The summed E-state index contributed by atoms with van der Waals surface area (Å²) in [6.45, 7) is 1.41. The van der Waals surface area contributed by atoms with Crippen molar-refractivity contribution in [1.29, 1.82) is 0 Å². The lowest BCUT2D eigenvalue weighted by atomic mass is 9.89. The molecule has 0 amide bonds. The summed E-state index contributed by atoms with van der Waals surface area (Å²) in [5, 5.41) is 3.63. The van der Waals surface area contributed by atoms with Crippen LogP contribution >= 0.6 is 0 Å². The van der Waals surface area contributed by atoms with Gasteiger partial charge in [0.05, 0.1) is 20.3 Å². The van der Waals surface area contributed by atoms with E-state index in [9.17, 15) is 0 Å². The summed E-state index contributed by atoms with van der Waals surface area (Å²) in [6.07, 6.45) is 0.955. The van der Waals surface area contributed by atoms with Crippen molar-refractivity contribution in [2.45, 2.75) is 19.1 Å². The van der Waals surface area contributed by atoms with Crippen LogP contribution in [0.3, 0.4) is 0 Å². The third kappa shape index (κ3) is 3.69. The molecule has 0 aromatic heterocycles. The number of rotatable bonds is 6. The van der Waals surface area contributed by atoms with Gasteiger partial charge in [0.1, 0.15) is 12.4 Å². The van der Waals surface area contributed by atoms with E-state index in [1.165, 1.54) is 11.1 Å². The Labute approximate surface area is 166 Å². The number of hydrogen-bond acceptors (Lipinski definition) is 4. The van der Waals surface area contributed by atoms with E-state index in [1.54, 1.807) is 14.2 Å². The van der Waals surface area contributed by atoms with E-state index in [1.807, 2.05) is 36.4 Å². The molecule has 0 radical (unpaired) electrons. The minimum absolute atomic E-state index is 0.0601. The van der Waals surface area contributed by atoms with Crippen LogP contribution in [-0.4, -0.2) is 20.8 Å². The normalized spacial score (nSPS) is 15.6. The zero-order chi connectivity index (χ0) is 19.3. The Morgan fingerprint density at radius 3 is 2.36 bits per heavy atom. The van der Waals surface area contributed by atoms with E-state index < -0.39 is 0 Å². The molecule has 3 aromatic rings. The number of methoxy groups -OCH3 is 2. The molecule has 4 nitrogen and oxygen atoms in total. The van der Waals surface area contributed by atoms with E-state index in [4.69, 9.17) is 14.2 Å². The van der Waals surface area contributed by atoms with Gasteiger partial charge in [-0.1, -0.05) is 48.5 Å². The van der Waals surface area contributed by atoms with Crippen LogP contribution in [0.5, 0.6) is 17.2 Å². The van der Waals surface area contributed by atoms with E-state index in [0.717, 1.165) is 41.3 Å². The van der Waals surface area contributed by atoms with Gasteiger partial charge in [0, 0.05) is 12.1 Å². The van der Waals surface area contributed by atoms with Crippen LogP contribution in [0.25, 0.3) is 0 Å². The maximum atomic E-state index is 6.14. The van der Waals surface area contributed by atoms with Gasteiger partial charge in [-0.2, -0.15) is 0 Å². The fourth-order valence-electron chi connectivity index (χ4n) is 3.75. The summed E-state index contributed by atoms with van der Waals surface area (Å²) in [5.41, 5.74) is 4.74. The van der Waals surface area contributed by atoms with Gasteiger partial charge in [-0.15, -0.1) is 0 Å². The van der Waals surface area contributed by atoms with Crippen molar-refractivity contribution >= 4 is 0 Å². The fourth-order valence-corrected chi connectivity index (χ4v) is 3.75. The molecule has 144 valence electrons. The highest BCUT2D eigenvalue weighted by atomic mass is 16.5. The molecule has 1 unspecified atom stereocenters. The third-order valence-corrected chi connectivity index (χ3v) is 5.17. The number of nitrogens with one attached hydrogen (secondary N) is 1. The van der Waals surface area contributed by atoms with E-state index in [-0.39, 0.29) is 6.04 Å². The molecule has 0 bridgehead atoms. The Morgan fingerprint density at radius 2 is 1.57 bits per heavy atom. The number of hydrogen-bond donors (Lipinski definition) is 1. The highest BCUT2D eigenvalue weighted by Crippen LogP contribution is 2.39. The maximum absolute atomic E-state index is 6.14. The molecule has 3 aromatic carbocycles. The van der Waals surface area contributed by atoms with Gasteiger partial charge in [-0.25, -0.2) is 0 Å². The van der Waals surface area contributed by atoms with Crippen LogP contribution in [0.2, 0.25) is 0 Å². The Hall–Kier alpha value is -2.98. The molecular weight excluding hydrogens is 350 g/mol. The summed E-state index contributed by atoms with van der Waals surface area (Å²) in [4.78, 5) is 0. The Balaban J connectivity index is 1.70. The maximum Gasteiger partial charge on any atom is 0.162 e. The van der Waals surface area contributed by atoms with Crippen molar-refractivity contribution in [1.82, 2.24) is 5.32 Å². The quantitative estimate of drug-likeness (QED) is 0.688.